The predicted octanol–water partition coefficient (Wildman–Crippen LogP) is 2.82. The zero-order valence-corrected chi connectivity index (χ0v) is 12.1. The van der Waals surface area contributed by atoms with Crippen molar-refractivity contribution in [3.05, 3.63) is 42.2 Å². The second kappa shape index (κ2) is 5.07. The van der Waals surface area contributed by atoms with Crippen LogP contribution < -0.4 is 0 Å². The van der Waals surface area contributed by atoms with Crippen LogP contribution in [0.1, 0.15) is 38.5 Å². The van der Waals surface area contributed by atoms with Gasteiger partial charge in [-0.2, -0.15) is 5.10 Å². The maximum absolute atomic E-state index is 4.69. The molecular weight excluding hydrogens is 250 g/mol. The van der Waals surface area contributed by atoms with Gasteiger partial charge >= 0.3 is 0 Å². The van der Waals surface area contributed by atoms with Gasteiger partial charge in [-0.05, 0) is 26.0 Å². The lowest BCUT2D eigenvalue weighted by Crippen LogP contribution is -2.13. The van der Waals surface area contributed by atoms with Crippen LogP contribution in [0.25, 0.3) is 11.0 Å². The molecule has 0 atom stereocenters. The molecule has 2 heterocycles. The first-order chi connectivity index (χ1) is 9.70. The Morgan fingerprint density at radius 2 is 1.95 bits per heavy atom. The molecule has 0 N–H and O–H groups in total. The lowest BCUT2D eigenvalue weighted by Gasteiger charge is -2.12. The van der Waals surface area contributed by atoms with E-state index in [4.69, 9.17) is 4.98 Å². The minimum Gasteiger partial charge on any atom is -0.320 e. The Labute approximate surface area is 118 Å². The highest BCUT2D eigenvalue weighted by Gasteiger charge is 2.13. The van der Waals surface area contributed by atoms with Crippen LogP contribution in [0.15, 0.2) is 30.6 Å². The smallest absolute Gasteiger partial charge is 0.147 e. The summed E-state index contributed by atoms with van der Waals surface area (Å²) in [6.45, 7) is 7.07. The molecule has 0 unspecified atom stereocenters. The molecule has 0 saturated heterocycles. The first-order valence-corrected chi connectivity index (χ1v) is 7.03. The normalized spacial score (nSPS) is 11.6. The Morgan fingerprint density at radius 3 is 2.70 bits per heavy atom. The fourth-order valence-electron chi connectivity index (χ4n) is 2.53. The van der Waals surface area contributed by atoms with Gasteiger partial charge in [-0.25, -0.2) is 14.6 Å². The van der Waals surface area contributed by atoms with E-state index in [0.717, 1.165) is 29.1 Å². The minimum atomic E-state index is 0.312. The van der Waals surface area contributed by atoms with E-state index in [1.807, 2.05) is 16.8 Å². The van der Waals surface area contributed by atoms with Crippen LogP contribution in [0, 0.1) is 0 Å². The molecule has 3 rings (SSSR count). The number of fused-ring (bicyclic) bond motifs is 1. The zero-order valence-electron chi connectivity index (χ0n) is 12.1. The molecule has 0 bridgehead atoms. The standard InChI is InChI=1S/C15H19N5/c1-4-14-18-12-7-5-6-8-13(12)19(14)9-15-16-10-17-20(15)11(2)3/h5-8,10-11H,4,9H2,1-3H3. The van der Waals surface area contributed by atoms with Crippen molar-refractivity contribution >= 4 is 11.0 Å². The zero-order chi connectivity index (χ0) is 14.1. The average Bonchev–Trinajstić information content (AvgIpc) is 3.04. The fraction of sp³-hybridized carbons (Fsp3) is 0.400. The number of benzene rings is 1. The summed E-state index contributed by atoms with van der Waals surface area (Å²) in [5, 5.41) is 4.30. The van der Waals surface area contributed by atoms with Crippen LogP contribution in [-0.4, -0.2) is 24.3 Å². The van der Waals surface area contributed by atoms with Crippen molar-refractivity contribution in [1.29, 1.82) is 0 Å². The van der Waals surface area contributed by atoms with Gasteiger partial charge in [0.25, 0.3) is 0 Å². The van der Waals surface area contributed by atoms with Crippen molar-refractivity contribution in [2.75, 3.05) is 0 Å². The first kappa shape index (κ1) is 12.8. The molecule has 0 spiro atoms. The van der Waals surface area contributed by atoms with Gasteiger partial charge in [0.15, 0.2) is 0 Å². The summed E-state index contributed by atoms with van der Waals surface area (Å²) in [6.07, 6.45) is 2.53. The summed E-state index contributed by atoms with van der Waals surface area (Å²) in [5.74, 6) is 2.06. The summed E-state index contributed by atoms with van der Waals surface area (Å²) in [7, 11) is 0. The molecule has 1 aromatic carbocycles. The van der Waals surface area contributed by atoms with Crippen molar-refractivity contribution < 1.29 is 0 Å². The van der Waals surface area contributed by atoms with Gasteiger partial charge in [0, 0.05) is 12.5 Å². The van der Waals surface area contributed by atoms with Gasteiger partial charge in [0.2, 0.25) is 0 Å². The Hall–Kier alpha value is -2.17. The number of hydrogen-bond donors (Lipinski definition) is 0. The third-order valence-corrected chi connectivity index (χ3v) is 3.49. The minimum absolute atomic E-state index is 0.312. The number of aromatic nitrogens is 5. The molecule has 0 aliphatic rings. The summed E-state index contributed by atoms with van der Waals surface area (Å²) in [4.78, 5) is 9.09. The summed E-state index contributed by atoms with van der Waals surface area (Å²) < 4.78 is 4.20. The molecule has 0 fully saturated rings. The molecule has 5 heteroatoms. The largest absolute Gasteiger partial charge is 0.320 e. The van der Waals surface area contributed by atoms with Crippen LogP contribution in [0.2, 0.25) is 0 Å². The number of nitrogens with zero attached hydrogens (tertiary/aromatic N) is 5. The summed E-state index contributed by atoms with van der Waals surface area (Å²) in [5.41, 5.74) is 2.20. The summed E-state index contributed by atoms with van der Waals surface area (Å²) >= 11 is 0. The van der Waals surface area contributed by atoms with Crippen LogP contribution in [0.5, 0.6) is 0 Å². The van der Waals surface area contributed by atoms with E-state index < -0.39 is 0 Å². The highest BCUT2D eigenvalue weighted by molar-refractivity contribution is 5.75. The molecular formula is C15H19N5. The molecule has 5 nitrogen and oxygen atoms in total. The van der Waals surface area contributed by atoms with E-state index in [2.05, 4.69) is 47.6 Å². The monoisotopic (exact) mass is 269 g/mol. The maximum Gasteiger partial charge on any atom is 0.147 e. The Kier molecular flexibility index (Phi) is 3.26. The average molecular weight is 269 g/mol. The maximum atomic E-state index is 4.69. The van der Waals surface area contributed by atoms with E-state index in [-0.39, 0.29) is 0 Å². The van der Waals surface area contributed by atoms with Gasteiger partial charge in [0.1, 0.15) is 18.0 Å². The van der Waals surface area contributed by atoms with Crippen LogP contribution >= 0.6 is 0 Å². The van der Waals surface area contributed by atoms with Crippen LogP contribution in [0.4, 0.5) is 0 Å². The lowest BCUT2D eigenvalue weighted by atomic mass is 10.3. The number of hydrogen-bond acceptors (Lipinski definition) is 3. The number of para-hydroxylation sites is 2. The van der Waals surface area contributed by atoms with E-state index in [0.29, 0.717) is 12.6 Å². The van der Waals surface area contributed by atoms with Crippen LogP contribution in [-0.2, 0) is 13.0 Å². The van der Waals surface area contributed by atoms with Crippen molar-refractivity contribution in [3.63, 3.8) is 0 Å². The quantitative estimate of drug-likeness (QED) is 0.731. The van der Waals surface area contributed by atoms with Crippen molar-refractivity contribution in [1.82, 2.24) is 24.3 Å². The van der Waals surface area contributed by atoms with E-state index in [9.17, 15) is 0 Å². The Bertz CT molecular complexity index is 723. The van der Waals surface area contributed by atoms with Gasteiger partial charge in [-0.3, -0.25) is 0 Å². The first-order valence-electron chi connectivity index (χ1n) is 7.03. The number of aryl methyl sites for hydroxylation is 1. The third-order valence-electron chi connectivity index (χ3n) is 3.49. The molecule has 0 amide bonds. The van der Waals surface area contributed by atoms with Gasteiger partial charge in [-0.15, -0.1) is 0 Å². The van der Waals surface area contributed by atoms with Crippen LogP contribution in [0.3, 0.4) is 0 Å². The van der Waals surface area contributed by atoms with E-state index in [1.54, 1.807) is 6.33 Å². The van der Waals surface area contributed by atoms with E-state index in [1.165, 1.54) is 0 Å². The van der Waals surface area contributed by atoms with Gasteiger partial charge in [0.05, 0.1) is 17.6 Å². The molecule has 20 heavy (non-hydrogen) atoms. The Morgan fingerprint density at radius 1 is 1.15 bits per heavy atom. The highest BCUT2D eigenvalue weighted by Crippen LogP contribution is 2.18. The molecule has 0 saturated carbocycles. The molecule has 104 valence electrons. The predicted molar refractivity (Wildman–Crippen MR) is 78.6 cm³/mol. The second-order valence-electron chi connectivity index (χ2n) is 5.17. The molecule has 2 aromatic heterocycles. The van der Waals surface area contributed by atoms with Gasteiger partial charge in [-0.1, -0.05) is 19.1 Å². The fourth-order valence-corrected chi connectivity index (χ4v) is 2.53. The van der Waals surface area contributed by atoms with Crippen molar-refractivity contribution in [2.24, 2.45) is 0 Å². The topological polar surface area (TPSA) is 48.5 Å². The molecule has 0 aliphatic heterocycles. The highest BCUT2D eigenvalue weighted by atomic mass is 15.4. The molecule has 3 aromatic rings. The van der Waals surface area contributed by atoms with E-state index >= 15 is 0 Å². The third kappa shape index (κ3) is 2.09. The van der Waals surface area contributed by atoms with Crippen molar-refractivity contribution in [2.45, 2.75) is 39.8 Å². The number of imidazole rings is 1. The van der Waals surface area contributed by atoms with Gasteiger partial charge < -0.3 is 4.57 Å². The molecule has 0 aliphatic carbocycles. The SMILES string of the molecule is CCc1nc2ccccc2n1Cc1ncnn1C(C)C. The molecule has 0 radical (unpaired) electrons. The second-order valence-corrected chi connectivity index (χ2v) is 5.17. The van der Waals surface area contributed by atoms with Crippen molar-refractivity contribution in [3.8, 4) is 0 Å². The number of rotatable bonds is 4. The Balaban J connectivity index is 2.07. The lowest BCUT2D eigenvalue weighted by molar-refractivity contribution is 0.495. The summed E-state index contributed by atoms with van der Waals surface area (Å²) in [6, 6.07) is 8.55.